The van der Waals surface area contributed by atoms with Crippen molar-refractivity contribution in [1.29, 1.82) is 0 Å². The number of aromatic nitrogens is 4. The lowest BCUT2D eigenvalue weighted by atomic mass is 10.0. The van der Waals surface area contributed by atoms with Crippen LogP contribution in [0.1, 0.15) is 43.2 Å². The summed E-state index contributed by atoms with van der Waals surface area (Å²) < 4.78 is 1.89. The molecule has 0 bridgehead atoms. The van der Waals surface area contributed by atoms with Gasteiger partial charge in [0.05, 0.1) is 17.1 Å². The molecule has 0 aliphatic carbocycles. The van der Waals surface area contributed by atoms with Crippen LogP contribution in [0.4, 0.5) is 0 Å². The van der Waals surface area contributed by atoms with Gasteiger partial charge in [0.2, 0.25) is 5.91 Å². The number of piperidine rings is 1. The molecule has 3 heterocycles. The van der Waals surface area contributed by atoms with Gasteiger partial charge in [-0.2, -0.15) is 5.10 Å². The summed E-state index contributed by atoms with van der Waals surface area (Å²) in [5, 5.41) is 4.27. The van der Waals surface area contributed by atoms with Crippen molar-refractivity contribution in [1.82, 2.24) is 24.6 Å². The molecule has 0 radical (unpaired) electrons. The minimum Gasteiger partial charge on any atom is -0.340 e. The summed E-state index contributed by atoms with van der Waals surface area (Å²) in [6, 6.07) is 10.0. The first-order valence-corrected chi connectivity index (χ1v) is 8.95. The van der Waals surface area contributed by atoms with Crippen LogP contribution in [0.15, 0.2) is 36.5 Å². The Morgan fingerprint density at radius 3 is 2.96 bits per heavy atom. The second-order valence-corrected chi connectivity index (χ2v) is 6.68. The third kappa shape index (κ3) is 3.16. The molecule has 1 fully saturated rings. The van der Waals surface area contributed by atoms with Crippen molar-refractivity contribution in [3.8, 4) is 0 Å². The van der Waals surface area contributed by atoms with Crippen LogP contribution in [0.5, 0.6) is 0 Å². The van der Waals surface area contributed by atoms with E-state index in [1.54, 1.807) is 6.20 Å². The van der Waals surface area contributed by atoms with Gasteiger partial charge in [-0.15, -0.1) is 0 Å². The van der Waals surface area contributed by atoms with E-state index in [2.05, 4.69) is 10.1 Å². The first kappa shape index (κ1) is 15.9. The molecule has 2 aromatic heterocycles. The fourth-order valence-corrected chi connectivity index (χ4v) is 3.62. The Hall–Kier alpha value is -2.63. The lowest BCUT2D eigenvalue weighted by Crippen LogP contribution is -2.39. The molecular formula is C19H23N5O. The minimum atomic E-state index is 0.0485. The van der Waals surface area contributed by atoms with Gasteiger partial charge < -0.3 is 9.88 Å². The van der Waals surface area contributed by atoms with E-state index < -0.39 is 0 Å². The molecule has 25 heavy (non-hydrogen) atoms. The average Bonchev–Trinajstić information content (AvgIpc) is 3.25. The van der Waals surface area contributed by atoms with Crippen LogP contribution in [0.25, 0.3) is 11.0 Å². The molecule has 1 atom stereocenters. The zero-order chi connectivity index (χ0) is 17.2. The lowest BCUT2D eigenvalue weighted by Gasteiger charge is -2.34. The Bertz CT molecular complexity index is 848. The molecule has 6 nitrogen and oxygen atoms in total. The van der Waals surface area contributed by atoms with Crippen molar-refractivity contribution in [2.75, 3.05) is 6.54 Å². The summed E-state index contributed by atoms with van der Waals surface area (Å²) in [6.45, 7) is 3.44. The zero-order valence-electron chi connectivity index (χ0n) is 14.5. The number of aromatic amines is 1. The molecule has 1 amide bonds. The molecule has 0 unspecified atom stereocenters. The number of hydrogen-bond acceptors (Lipinski definition) is 3. The molecule has 1 aliphatic rings. The molecular weight excluding hydrogens is 314 g/mol. The number of carbonyl (C=O) groups excluding carboxylic acids is 1. The van der Waals surface area contributed by atoms with E-state index >= 15 is 0 Å². The number of benzene rings is 1. The molecule has 1 aliphatic heterocycles. The summed E-state index contributed by atoms with van der Waals surface area (Å²) in [5.74, 6) is 1.09. The van der Waals surface area contributed by atoms with Gasteiger partial charge in [-0.3, -0.25) is 9.48 Å². The van der Waals surface area contributed by atoms with Gasteiger partial charge in [0.1, 0.15) is 5.82 Å². The van der Waals surface area contributed by atoms with Gasteiger partial charge in [0.25, 0.3) is 0 Å². The number of H-pyrrole nitrogens is 1. The van der Waals surface area contributed by atoms with Crippen molar-refractivity contribution < 1.29 is 4.79 Å². The van der Waals surface area contributed by atoms with E-state index in [1.807, 2.05) is 46.8 Å². The maximum absolute atomic E-state index is 12.8. The second-order valence-electron chi connectivity index (χ2n) is 6.68. The second kappa shape index (κ2) is 6.70. The summed E-state index contributed by atoms with van der Waals surface area (Å²) in [4.78, 5) is 23.0. The molecule has 1 N–H and O–H groups in total. The maximum atomic E-state index is 12.8. The van der Waals surface area contributed by atoms with Crippen LogP contribution in [0, 0.1) is 6.92 Å². The molecule has 6 heteroatoms. The summed E-state index contributed by atoms with van der Waals surface area (Å²) >= 11 is 0. The van der Waals surface area contributed by atoms with E-state index in [9.17, 15) is 4.79 Å². The Morgan fingerprint density at radius 2 is 2.16 bits per heavy atom. The van der Waals surface area contributed by atoms with Crippen molar-refractivity contribution in [2.45, 2.75) is 45.2 Å². The van der Waals surface area contributed by atoms with Crippen LogP contribution < -0.4 is 0 Å². The lowest BCUT2D eigenvalue weighted by molar-refractivity contribution is -0.135. The molecule has 4 rings (SSSR count). The van der Waals surface area contributed by atoms with Crippen LogP contribution in [0.3, 0.4) is 0 Å². The van der Waals surface area contributed by atoms with Gasteiger partial charge in [-0.05, 0) is 44.4 Å². The van der Waals surface area contributed by atoms with Crippen LogP contribution in [0.2, 0.25) is 0 Å². The Morgan fingerprint density at radius 1 is 1.28 bits per heavy atom. The number of nitrogens with one attached hydrogen (secondary N) is 1. The van der Waals surface area contributed by atoms with E-state index in [-0.39, 0.29) is 11.9 Å². The van der Waals surface area contributed by atoms with E-state index in [1.165, 1.54) is 0 Å². The first-order valence-electron chi connectivity index (χ1n) is 8.95. The standard InChI is InChI=1S/C19H23N5O/c1-14-9-11-20-24(14)13-10-18(25)23-12-5-4-8-17(23)19-21-15-6-2-3-7-16(15)22-19/h2-3,6-7,9,11,17H,4-5,8,10,12-13H2,1H3,(H,21,22)/t17-/m1/s1. The number of rotatable bonds is 4. The summed E-state index contributed by atoms with van der Waals surface area (Å²) in [6.07, 6.45) is 5.40. The van der Waals surface area contributed by atoms with Gasteiger partial charge in [0.15, 0.2) is 0 Å². The molecule has 0 spiro atoms. The molecule has 3 aromatic rings. The molecule has 0 saturated carbocycles. The van der Waals surface area contributed by atoms with E-state index in [0.29, 0.717) is 13.0 Å². The van der Waals surface area contributed by atoms with E-state index in [4.69, 9.17) is 4.98 Å². The number of nitrogens with zero attached hydrogens (tertiary/aromatic N) is 4. The summed E-state index contributed by atoms with van der Waals surface area (Å²) in [5.41, 5.74) is 3.07. The van der Waals surface area contributed by atoms with Gasteiger partial charge in [-0.1, -0.05) is 12.1 Å². The number of likely N-dealkylation sites (tertiary alicyclic amines) is 1. The number of hydrogen-bond donors (Lipinski definition) is 1. The smallest absolute Gasteiger partial charge is 0.225 e. The highest BCUT2D eigenvalue weighted by molar-refractivity contribution is 5.77. The fraction of sp³-hybridized carbons (Fsp3) is 0.421. The van der Waals surface area contributed by atoms with Crippen molar-refractivity contribution in [3.63, 3.8) is 0 Å². The number of para-hydroxylation sites is 2. The van der Waals surface area contributed by atoms with E-state index in [0.717, 1.165) is 48.4 Å². The monoisotopic (exact) mass is 337 g/mol. The highest BCUT2D eigenvalue weighted by Crippen LogP contribution is 2.31. The van der Waals surface area contributed by atoms with Crippen molar-refractivity contribution >= 4 is 16.9 Å². The topological polar surface area (TPSA) is 66.8 Å². The highest BCUT2D eigenvalue weighted by atomic mass is 16.2. The number of amides is 1. The first-order chi connectivity index (χ1) is 12.2. The molecule has 1 saturated heterocycles. The predicted molar refractivity (Wildman–Crippen MR) is 96.0 cm³/mol. The summed E-state index contributed by atoms with van der Waals surface area (Å²) in [7, 11) is 0. The molecule has 1 aromatic carbocycles. The third-order valence-corrected chi connectivity index (χ3v) is 5.01. The SMILES string of the molecule is Cc1ccnn1CCC(=O)N1CCCC[C@@H]1c1nc2ccccc2[nH]1. The van der Waals surface area contributed by atoms with Crippen LogP contribution in [-0.4, -0.2) is 37.1 Å². The Labute approximate surface area is 146 Å². The third-order valence-electron chi connectivity index (χ3n) is 5.01. The van der Waals surface area contributed by atoms with Gasteiger partial charge in [0, 0.05) is 31.4 Å². The maximum Gasteiger partial charge on any atom is 0.225 e. The Kier molecular flexibility index (Phi) is 4.26. The zero-order valence-corrected chi connectivity index (χ0v) is 14.5. The largest absolute Gasteiger partial charge is 0.340 e. The number of imidazole rings is 1. The highest BCUT2D eigenvalue weighted by Gasteiger charge is 2.29. The number of fused-ring (bicyclic) bond motifs is 1. The van der Waals surface area contributed by atoms with Crippen LogP contribution >= 0.6 is 0 Å². The predicted octanol–water partition coefficient (Wildman–Crippen LogP) is 3.21. The normalized spacial score (nSPS) is 18.0. The van der Waals surface area contributed by atoms with Crippen molar-refractivity contribution in [2.24, 2.45) is 0 Å². The number of carbonyl (C=O) groups is 1. The van der Waals surface area contributed by atoms with Gasteiger partial charge >= 0.3 is 0 Å². The van der Waals surface area contributed by atoms with Crippen molar-refractivity contribution in [3.05, 3.63) is 48.0 Å². The average molecular weight is 337 g/mol. The quantitative estimate of drug-likeness (QED) is 0.795. The minimum absolute atomic E-state index is 0.0485. The Balaban J connectivity index is 1.52. The molecule has 130 valence electrons. The number of aryl methyl sites for hydroxylation is 2. The van der Waals surface area contributed by atoms with Gasteiger partial charge in [-0.25, -0.2) is 4.98 Å². The fourth-order valence-electron chi connectivity index (χ4n) is 3.62. The van der Waals surface area contributed by atoms with Crippen LogP contribution in [-0.2, 0) is 11.3 Å².